The van der Waals surface area contributed by atoms with Gasteiger partial charge in [0.2, 0.25) is 10.0 Å². The van der Waals surface area contributed by atoms with Gasteiger partial charge < -0.3 is 10.6 Å². The maximum absolute atomic E-state index is 12.9. The number of anilines is 1. The molecule has 0 aromatic heterocycles. The van der Waals surface area contributed by atoms with Gasteiger partial charge in [0.15, 0.2) is 0 Å². The van der Waals surface area contributed by atoms with Crippen LogP contribution in [-0.2, 0) is 10.0 Å². The van der Waals surface area contributed by atoms with Gasteiger partial charge in [0.05, 0.1) is 15.7 Å². The monoisotopic (exact) mass is 469 g/mol. The molecular formula is C21H25Cl2N3O3S. The van der Waals surface area contributed by atoms with Crippen LogP contribution in [0.15, 0.2) is 41.3 Å². The van der Waals surface area contributed by atoms with Gasteiger partial charge in [-0.3, -0.25) is 4.79 Å². The lowest BCUT2D eigenvalue weighted by atomic mass is 9.92. The van der Waals surface area contributed by atoms with E-state index in [-0.39, 0.29) is 38.5 Å². The second-order valence-corrected chi connectivity index (χ2v) is 9.94. The molecule has 2 aromatic carbocycles. The van der Waals surface area contributed by atoms with Crippen molar-refractivity contribution in [2.75, 3.05) is 18.4 Å². The SMILES string of the molecule is Cc1ccccc1C(=O)Nc1ccc(S(=O)(=O)N[C@H](C)C2CCNCC2)c(Cl)c1Cl. The second kappa shape index (κ2) is 9.66. The minimum atomic E-state index is -3.87. The van der Waals surface area contributed by atoms with Crippen LogP contribution in [0.1, 0.15) is 35.7 Å². The van der Waals surface area contributed by atoms with Crippen LogP contribution in [0.5, 0.6) is 0 Å². The molecule has 2 aromatic rings. The fraction of sp³-hybridized carbons (Fsp3) is 0.381. The Balaban J connectivity index is 1.79. The summed E-state index contributed by atoms with van der Waals surface area (Å²) in [6.07, 6.45) is 1.81. The van der Waals surface area contributed by atoms with E-state index < -0.39 is 10.0 Å². The van der Waals surface area contributed by atoms with Crippen LogP contribution in [0.3, 0.4) is 0 Å². The number of halogens is 2. The van der Waals surface area contributed by atoms with Crippen molar-refractivity contribution >= 4 is 44.8 Å². The zero-order valence-corrected chi connectivity index (χ0v) is 19.2. The first-order valence-electron chi connectivity index (χ1n) is 9.78. The number of hydrogen-bond donors (Lipinski definition) is 3. The van der Waals surface area contributed by atoms with Crippen molar-refractivity contribution in [3.63, 3.8) is 0 Å². The predicted octanol–water partition coefficient (Wildman–Crippen LogP) is 4.22. The van der Waals surface area contributed by atoms with Gasteiger partial charge in [-0.05, 0) is 69.5 Å². The van der Waals surface area contributed by atoms with Crippen molar-refractivity contribution in [3.05, 3.63) is 57.6 Å². The van der Waals surface area contributed by atoms with Crippen LogP contribution in [0, 0.1) is 12.8 Å². The van der Waals surface area contributed by atoms with Crippen molar-refractivity contribution < 1.29 is 13.2 Å². The molecule has 1 aliphatic rings. The number of amides is 1. The standard InChI is InChI=1S/C21H25Cl2N3O3S/c1-13-5-3-4-6-16(13)21(27)25-17-7-8-18(20(23)19(17)22)30(28,29)26-14(2)15-9-11-24-12-10-15/h3-8,14-15,24,26H,9-12H2,1-2H3,(H,25,27)/t14-/m1/s1. The summed E-state index contributed by atoms with van der Waals surface area (Å²) in [7, 11) is -3.87. The van der Waals surface area contributed by atoms with Gasteiger partial charge in [0.25, 0.3) is 5.91 Å². The molecular weight excluding hydrogens is 445 g/mol. The average molecular weight is 470 g/mol. The number of nitrogens with one attached hydrogen (secondary N) is 3. The van der Waals surface area contributed by atoms with Crippen molar-refractivity contribution in [2.24, 2.45) is 5.92 Å². The molecule has 1 fully saturated rings. The summed E-state index contributed by atoms with van der Waals surface area (Å²) in [4.78, 5) is 12.4. The number of aryl methyl sites for hydroxylation is 1. The topological polar surface area (TPSA) is 87.3 Å². The Bertz CT molecular complexity index is 1040. The zero-order valence-electron chi connectivity index (χ0n) is 16.8. The van der Waals surface area contributed by atoms with E-state index in [9.17, 15) is 13.2 Å². The summed E-state index contributed by atoms with van der Waals surface area (Å²) in [6, 6.07) is 9.72. The van der Waals surface area contributed by atoms with E-state index >= 15 is 0 Å². The number of carbonyl (C=O) groups excluding carboxylic acids is 1. The maximum Gasteiger partial charge on any atom is 0.255 e. The Kier molecular flexibility index (Phi) is 7.42. The molecule has 1 atom stereocenters. The predicted molar refractivity (Wildman–Crippen MR) is 121 cm³/mol. The third-order valence-corrected chi connectivity index (χ3v) is 8.00. The van der Waals surface area contributed by atoms with Gasteiger partial charge in [-0.2, -0.15) is 0 Å². The van der Waals surface area contributed by atoms with E-state index in [2.05, 4.69) is 15.4 Å². The number of carbonyl (C=O) groups is 1. The maximum atomic E-state index is 12.9. The molecule has 0 aliphatic carbocycles. The lowest BCUT2D eigenvalue weighted by molar-refractivity contribution is 0.102. The number of hydrogen-bond acceptors (Lipinski definition) is 4. The summed E-state index contributed by atoms with van der Waals surface area (Å²) in [5.74, 6) is -0.0951. The highest BCUT2D eigenvalue weighted by atomic mass is 35.5. The van der Waals surface area contributed by atoms with Gasteiger partial charge in [0, 0.05) is 11.6 Å². The largest absolute Gasteiger partial charge is 0.321 e. The molecule has 0 unspecified atom stereocenters. The molecule has 3 N–H and O–H groups in total. The van der Waals surface area contributed by atoms with Crippen LogP contribution in [-0.4, -0.2) is 33.5 Å². The van der Waals surface area contributed by atoms with E-state index in [1.807, 2.05) is 26.0 Å². The highest BCUT2D eigenvalue weighted by Gasteiger charge is 2.28. The Labute approximate surface area is 187 Å². The zero-order chi connectivity index (χ0) is 21.9. The van der Waals surface area contributed by atoms with Crippen LogP contribution in [0.4, 0.5) is 5.69 Å². The molecule has 1 amide bonds. The summed E-state index contributed by atoms with van der Waals surface area (Å²) in [5.41, 5.74) is 1.56. The Morgan fingerprint density at radius 2 is 1.77 bits per heavy atom. The molecule has 0 spiro atoms. The van der Waals surface area contributed by atoms with Gasteiger partial charge >= 0.3 is 0 Å². The molecule has 9 heteroatoms. The fourth-order valence-corrected chi connectivity index (χ4v) is 5.73. The number of rotatable bonds is 6. The lowest BCUT2D eigenvalue weighted by Gasteiger charge is -2.28. The molecule has 1 aliphatic heterocycles. The fourth-order valence-electron chi connectivity index (χ4n) is 3.60. The number of piperidine rings is 1. The van der Waals surface area contributed by atoms with Gasteiger partial charge in [-0.25, -0.2) is 13.1 Å². The third-order valence-electron chi connectivity index (χ3n) is 5.41. The van der Waals surface area contributed by atoms with E-state index in [0.717, 1.165) is 31.5 Å². The first-order valence-corrected chi connectivity index (χ1v) is 12.0. The molecule has 1 heterocycles. The Hall–Kier alpha value is -1.64. The molecule has 3 rings (SSSR count). The number of benzene rings is 2. The summed E-state index contributed by atoms with van der Waals surface area (Å²) < 4.78 is 28.5. The second-order valence-electron chi connectivity index (χ2n) is 7.51. The van der Waals surface area contributed by atoms with Gasteiger partial charge in [-0.1, -0.05) is 41.4 Å². The van der Waals surface area contributed by atoms with E-state index in [4.69, 9.17) is 23.2 Å². The minimum Gasteiger partial charge on any atom is -0.321 e. The first-order chi connectivity index (χ1) is 14.2. The van der Waals surface area contributed by atoms with E-state index in [0.29, 0.717) is 5.56 Å². The molecule has 162 valence electrons. The van der Waals surface area contributed by atoms with E-state index in [1.54, 1.807) is 12.1 Å². The van der Waals surface area contributed by atoms with Crippen LogP contribution < -0.4 is 15.4 Å². The van der Waals surface area contributed by atoms with Gasteiger partial charge in [0.1, 0.15) is 4.90 Å². The average Bonchev–Trinajstić information content (AvgIpc) is 2.72. The molecule has 0 bridgehead atoms. The van der Waals surface area contributed by atoms with E-state index in [1.165, 1.54) is 12.1 Å². The minimum absolute atomic E-state index is 0.0176. The first kappa shape index (κ1) is 23.0. The highest BCUT2D eigenvalue weighted by molar-refractivity contribution is 7.89. The van der Waals surface area contributed by atoms with Crippen molar-refractivity contribution in [1.82, 2.24) is 10.0 Å². The summed E-state index contributed by atoms with van der Waals surface area (Å²) >= 11 is 12.6. The lowest BCUT2D eigenvalue weighted by Crippen LogP contribution is -2.42. The molecule has 6 nitrogen and oxygen atoms in total. The van der Waals surface area contributed by atoms with Gasteiger partial charge in [-0.15, -0.1) is 0 Å². The van der Waals surface area contributed by atoms with Crippen molar-refractivity contribution in [1.29, 1.82) is 0 Å². The quantitative estimate of drug-likeness (QED) is 0.590. The highest BCUT2D eigenvalue weighted by Crippen LogP contribution is 2.36. The van der Waals surface area contributed by atoms with Crippen molar-refractivity contribution in [3.8, 4) is 0 Å². The molecule has 0 saturated carbocycles. The smallest absolute Gasteiger partial charge is 0.255 e. The normalized spacial score (nSPS) is 16.3. The van der Waals surface area contributed by atoms with Crippen LogP contribution in [0.25, 0.3) is 0 Å². The Morgan fingerprint density at radius 1 is 1.10 bits per heavy atom. The summed E-state index contributed by atoms with van der Waals surface area (Å²) in [6.45, 7) is 5.44. The molecule has 30 heavy (non-hydrogen) atoms. The third kappa shape index (κ3) is 5.15. The number of sulfonamides is 1. The Morgan fingerprint density at radius 3 is 2.43 bits per heavy atom. The van der Waals surface area contributed by atoms with Crippen molar-refractivity contribution in [2.45, 2.75) is 37.6 Å². The van der Waals surface area contributed by atoms with Crippen LogP contribution >= 0.6 is 23.2 Å². The molecule has 1 saturated heterocycles. The summed E-state index contributed by atoms with van der Waals surface area (Å²) in [5, 5.41) is 5.83. The molecule has 0 radical (unpaired) electrons. The van der Waals surface area contributed by atoms with Crippen LogP contribution in [0.2, 0.25) is 10.0 Å².